The maximum atomic E-state index is 13.9. The van der Waals surface area contributed by atoms with E-state index < -0.39 is 41.8 Å². The number of hydrogen-bond acceptors (Lipinski definition) is 5. The first kappa shape index (κ1) is 29.8. The van der Waals surface area contributed by atoms with Gasteiger partial charge in [0.25, 0.3) is 0 Å². The van der Waals surface area contributed by atoms with Crippen LogP contribution in [-0.4, -0.2) is 51.7 Å². The van der Waals surface area contributed by atoms with Gasteiger partial charge in [0.1, 0.15) is 17.7 Å². The van der Waals surface area contributed by atoms with Gasteiger partial charge < -0.3 is 25.4 Å². The lowest BCUT2D eigenvalue weighted by Gasteiger charge is -2.43. The lowest BCUT2D eigenvalue weighted by atomic mass is 9.92. The number of carbonyl (C=O) groups is 3. The molecular formula is C29H41N3O5. The molecule has 2 aromatic rings. The average molecular weight is 512 g/mol. The van der Waals surface area contributed by atoms with Crippen LogP contribution in [0.3, 0.4) is 0 Å². The van der Waals surface area contributed by atoms with E-state index in [0.29, 0.717) is 5.56 Å². The van der Waals surface area contributed by atoms with Crippen LogP contribution < -0.4 is 10.6 Å². The molecule has 3 amide bonds. The predicted molar refractivity (Wildman–Crippen MR) is 144 cm³/mol. The Morgan fingerprint density at radius 3 is 2.14 bits per heavy atom. The molecule has 0 saturated carbocycles. The highest BCUT2D eigenvalue weighted by molar-refractivity contribution is 5.93. The largest absolute Gasteiger partial charge is 0.444 e. The SMILES string of the molecule is Cc1ccc(C)c(C(C(=O)NCc2ccccc2)N(C(=O)C(CO)NC(=O)OC(C)(C)C)C(C)(C)C)c1. The number of alkyl carbamates (subject to hydrolysis) is 1. The van der Waals surface area contributed by atoms with Crippen molar-refractivity contribution in [3.63, 3.8) is 0 Å². The minimum atomic E-state index is -1.30. The number of nitrogens with one attached hydrogen (secondary N) is 2. The summed E-state index contributed by atoms with van der Waals surface area (Å²) in [6, 6.07) is 12.9. The van der Waals surface area contributed by atoms with Gasteiger partial charge in [0, 0.05) is 12.1 Å². The molecule has 8 nitrogen and oxygen atoms in total. The summed E-state index contributed by atoms with van der Waals surface area (Å²) in [6.07, 6.45) is -0.828. The number of aliphatic hydroxyl groups is 1. The smallest absolute Gasteiger partial charge is 0.408 e. The lowest BCUT2D eigenvalue weighted by Crippen LogP contribution is -2.59. The Balaban J connectivity index is 2.51. The molecule has 0 heterocycles. The molecular weight excluding hydrogens is 470 g/mol. The molecule has 0 radical (unpaired) electrons. The van der Waals surface area contributed by atoms with Crippen LogP contribution in [0.2, 0.25) is 0 Å². The van der Waals surface area contributed by atoms with Crippen molar-refractivity contribution in [3.8, 4) is 0 Å². The highest BCUT2D eigenvalue weighted by atomic mass is 16.6. The van der Waals surface area contributed by atoms with Gasteiger partial charge in [-0.15, -0.1) is 0 Å². The maximum Gasteiger partial charge on any atom is 0.408 e. The molecule has 0 fully saturated rings. The van der Waals surface area contributed by atoms with E-state index >= 15 is 0 Å². The Morgan fingerprint density at radius 1 is 0.973 bits per heavy atom. The van der Waals surface area contributed by atoms with Crippen LogP contribution in [0.5, 0.6) is 0 Å². The number of ether oxygens (including phenoxy) is 1. The molecule has 0 aliphatic heterocycles. The fourth-order valence-electron chi connectivity index (χ4n) is 3.98. The molecule has 8 heteroatoms. The zero-order chi connectivity index (χ0) is 28.0. The summed E-state index contributed by atoms with van der Waals surface area (Å²) in [5.41, 5.74) is 1.74. The van der Waals surface area contributed by atoms with Gasteiger partial charge in [-0.2, -0.15) is 0 Å². The van der Waals surface area contributed by atoms with E-state index in [-0.39, 0.29) is 12.5 Å². The number of aliphatic hydroxyl groups excluding tert-OH is 1. The Hall–Kier alpha value is -3.39. The summed E-state index contributed by atoms with van der Waals surface area (Å²) in [4.78, 5) is 41.6. The maximum absolute atomic E-state index is 13.9. The number of carbonyl (C=O) groups excluding carboxylic acids is 3. The first-order valence-corrected chi connectivity index (χ1v) is 12.5. The molecule has 202 valence electrons. The Kier molecular flexibility index (Phi) is 9.87. The third-order valence-electron chi connectivity index (χ3n) is 5.68. The van der Waals surface area contributed by atoms with Gasteiger partial charge in [-0.25, -0.2) is 4.79 Å². The second-order valence-corrected chi connectivity index (χ2v) is 11.2. The van der Waals surface area contributed by atoms with E-state index in [1.807, 2.05) is 83.1 Å². The second kappa shape index (κ2) is 12.2. The second-order valence-electron chi connectivity index (χ2n) is 11.2. The fraction of sp³-hybridized carbons (Fsp3) is 0.483. The van der Waals surface area contributed by atoms with Crippen LogP contribution in [0, 0.1) is 13.8 Å². The van der Waals surface area contributed by atoms with Crippen LogP contribution in [0.25, 0.3) is 0 Å². The van der Waals surface area contributed by atoms with Crippen molar-refractivity contribution in [2.45, 2.75) is 85.2 Å². The van der Waals surface area contributed by atoms with Gasteiger partial charge in [-0.3, -0.25) is 9.59 Å². The Labute approximate surface area is 220 Å². The topological polar surface area (TPSA) is 108 Å². The van der Waals surface area contributed by atoms with Crippen molar-refractivity contribution < 1.29 is 24.2 Å². The number of rotatable bonds is 8. The van der Waals surface area contributed by atoms with E-state index in [1.165, 1.54) is 4.90 Å². The molecule has 0 bridgehead atoms. The van der Waals surface area contributed by atoms with E-state index in [4.69, 9.17) is 4.74 Å². The van der Waals surface area contributed by atoms with Crippen molar-refractivity contribution in [2.75, 3.05) is 6.61 Å². The van der Waals surface area contributed by atoms with Crippen molar-refractivity contribution in [3.05, 3.63) is 70.8 Å². The summed E-state index contributed by atoms with van der Waals surface area (Å²) in [5, 5.41) is 15.5. The molecule has 0 spiro atoms. The minimum absolute atomic E-state index is 0.285. The molecule has 0 aliphatic carbocycles. The van der Waals surface area contributed by atoms with Gasteiger partial charge in [0.2, 0.25) is 11.8 Å². The third kappa shape index (κ3) is 8.60. The lowest BCUT2D eigenvalue weighted by molar-refractivity contribution is -0.149. The monoisotopic (exact) mass is 511 g/mol. The fourth-order valence-corrected chi connectivity index (χ4v) is 3.98. The first-order valence-electron chi connectivity index (χ1n) is 12.5. The molecule has 0 aromatic heterocycles. The molecule has 2 aromatic carbocycles. The number of nitrogens with zero attached hydrogens (tertiary/aromatic N) is 1. The molecule has 2 rings (SSSR count). The molecule has 0 saturated heterocycles. The van der Waals surface area contributed by atoms with Crippen molar-refractivity contribution in [2.24, 2.45) is 0 Å². The summed E-state index contributed by atoms with van der Waals surface area (Å²) in [7, 11) is 0. The third-order valence-corrected chi connectivity index (χ3v) is 5.68. The highest BCUT2D eigenvalue weighted by Gasteiger charge is 2.42. The summed E-state index contributed by atoms with van der Waals surface area (Å²) >= 11 is 0. The Bertz CT molecular complexity index is 1090. The number of amides is 3. The van der Waals surface area contributed by atoms with E-state index in [0.717, 1.165) is 16.7 Å². The van der Waals surface area contributed by atoms with Gasteiger partial charge in [0.05, 0.1) is 6.61 Å². The van der Waals surface area contributed by atoms with Crippen molar-refractivity contribution in [1.29, 1.82) is 0 Å². The quantitative estimate of drug-likeness (QED) is 0.493. The molecule has 2 unspecified atom stereocenters. The van der Waals surface area contributed by atoms with Gasteiger partial charge in [0.15, 0.2) is 0 Å². The summed E-state index contributed by atoms with van der Waals surface area (Å²) in [6.45, 7) is 14.0. The molecule has 3 N–H and O–H groups in total. The predicted octanol–water partition coefficient (Wildman–Crippen LogP) is 4.17. The van der Waals surface area contributed by atoms with Crippen LogP contribution in [0.1, 0.15) is 69.8 Å². The van der Waals surface area contributed by atoms with Crippen LogP contribution >= 0.6 is 0 Å². The summed E-state index contributed by atoms with van der Waals surface area (Å²) < 4.78 is 5.29. The normalized spacial score (nSPS) is 13.3. The number of aryl methyl sites for hydroxylation is 2. The van der Waals surface area contributed by atoms with E-state index in [2.05, 4.69) is 10.6 Å². The van der Waals surface area contributed by atoms with Crippen LogP contribution in [-0.2, 0) is 20.9 Å². The van der Waals surface area contributed by atoms with E-state index in [1.54, 1.807) is 20.8 Å². The zero-order valence-corrected chi connectivity index (χ0v) is 23.2. The Morgan fingerprint density at radius 2 is 1.59 bits per heavy atom. The van der Waals surface area contributed by atoms with Gasteiger partial charge in [-0.1, -0.05) is 54.1 Å². The van der Waals surface area contributed by atoms with Crippen LogP contribution in [0.15, 0.2) is 48.5 Å². The molecule has 2 atom stereocenters. The summed E-state index contributed by atoms with van der Waals surface area (Å²) in [5.74, 6) is -0.962. The minimum Gasteiger partial charge on any atom is -0.444 e. The standard InChI is InChI=1S/C29H41N3O5/c1-19-14-15-20(2)22(16-19)24(25(34)30-17-21-12-10-9-11-13-21)32(28(3,4)5)26(35)23(18-33)31-27(36)37-29(6,7)8/h9-16,23-24,33H,17-18H2,1-8H3,(H,30,34)(H,31,36). The molecule has 37 heavy (non-hydrogen) atoms. The van der Waals surface area contributed by atoms with Gasteiger partial charge in [-0.05, 0) is 72.1 Å². The molecule has 0 aliphatic rings. The van der Waals surface area contributed by atoms with E-state index in [9.17, 15) is 19.5 Å². The number of hydrogen-bond donors (Lipinski definition) is 3. The van der Waals surface area contributed by atoms with Crippen molar-refractivity contribution in [1.82, 2.24) is 15.5 Å². The average Bonchev–Trinajstić information content (AvgIpc) is 2.79. The van der Waals surface area contributed by atoms with Gasteiger partial charge >= 0.3 is 6.09 Å². The van der Waals surface area contributed by atoms with Crippen LogP contribution in [0.4, 0.5) is 4.79 Å². The highest BCUT2D eigenvalue weighted by Crippen LogP contribution is 2.32. The van der Waals surface area contributed by atoms with Crippen molar-refractivity contribution >= 4 is 17.9 Å². The number of benzene rings is 2. The first-order chi connectivity index (χ1) is 17.1. The zero-order valence-electron chi connectivity index (χ0n) is 23.2.